The lowest BCUT2D eigenvalue weighted by Crippen LogP contribution is -2.12. The first-order valence-electron chi connectivity index (χ1n) is 11.8. The molecule has 0 radical (unpaired) electrons. The Morgan fingerprint density at radius 2 is 1.09 bits per heavy atom. The van der Waals surface area contributed by atoms with Crippen LogP contribution >= 0.6 is 0 Å². The predicted octanol–water partition coefficient (Wildman–Crippen LogP) is 6.78. The highest BCUT2D eigenvalue weighted by atomic mass is 16.1. The number of allylic oxidation sites excluding steroid dienone is 1. The van der Waals surface area contributed by atoms with Gasteiger partial charge in [0.25, 0.3) is 5.91 Å². The van der Waals surface area contributed by atoms with Crippen LogP contribution in [-0.4, -0.2) is 5.91 Å². The van der Waals surface area contributed by atoms with E-state index in [-0.39, 0.29) is 5.91 Å². The average Bonchev–Trinajstić information content (AvgIpc) is 2.85. The number of carbonyl (C=O) groups is 1. The van der Waals surface area contributed by atoms with Crippen LogP contribution in [0.2, 0.25) is 0 Å². The van der Waals surface area contributed by atoms with Crippen LogP contribution in [0.15, 0.2) is 103 Å². The predicted molar refractivity (Wildman–Crippen MR) is 146 cm³/mol. The van der Waals surface area contributed by atoms with Crippen molar-refractivity contribution in [3.8, 4) is 11.1 Å². The lowest BCUT2D eigenvalue weighted by atomic mass is 9.88. The largest absolute Gasteiger partial charge is 0.397 e. The lowest BCUT2D eigenvalue weighted by molar-refractivity contribution is 0.102. The molecular formula is C30H28N4O. The Hall–Kier alpha value is -4.51. The van der Waals surface area contributed by atoms with Crippen molar-refractivity contribution >= 4 is 34.4 Å². The molecule has 0 unspecified atom stereocenters. The molecule has 174 valence electrons. The van der Waals surface area contributed by atoms with E-state index in [2.05, 4.69) is 34.9 Å². The van der Waals surface area contributed by atoms with Crippen molar-refractivity contribution in [3.63, 3.8) is 0 Å². The van der Waals surface area contributed by atoms with E-state index in [0.29, 0.717) is 16.9 Å². The molecule has 5 nitrogen and oxygen atoms in total. The van der Waals surface area contributed by atoms with Crippen molar-refractivity contribution < 1.29 is 4.79 Å². The highest BCUT2D eigenvalue weighted by Crippen LogP contribution is 2.36. The quantitative estimate of drug-likeness (QED) is 0.239. The second-order valence-corrected chi connectivity index (χ2v) is 8.74. The third-order valence-electron chi connectivity index (χ3n) is 6.39. The third-order valence-corrected chi connectivity index (χ3v) is 6.39. The molecule has 1 amide bonds. The van der Waals surface area contributed by atoms with Gasteiger partial charge in [0, 0.05) is 11.3 Å². The summed E-state index contributed by atoms with van der Waals surface area (Å²) in [5, 5.41) is 6.44. The molecule has 4 aromatic rings. The van der Waals surface area contributed by atoms with E-state index in [4.69, 9.17) is 11.5 Å². The maximum atomic E-state index is 12.6. The van der Waals surface area contributed by atoms with Crippen LogP contribution in [0.4, 0.5) is 22.7 Å². The minimum Gasteiger partial charge on any atom is -0.397 e. The Morgan fingerprint density at radius 1 is 0.600 bits per heavy atom. The monoisotopic (exact) mass is 460 g/mol. The molecule has 35 heavy (non-hydrogen) atoms. The van der Waals surface area contributed by atoms with Crippen molar-refractivity contribution in [1.29, 1.82) is 0 Å². The van der Waals surface area contributed by atoms with E-state index in [1.807, 2.05) is 60.7 Å². The summed E-state index contributed by atoms with van der Waals surface area (Å²) in [5.41, 5.74) is 21.3. The number of anilines is 4. The zero-order valence-corrected chi connectivity index (χ0v) is 19.4. The molecule has 1 saturated carbocycles. The third kappa shape index (κ3) is 4.89. The number of nitrogens with two attached hydrogens (primary N) is 2. The van der Waals surface area contributed by atoms with Crippen molar-refractivity contribution in [1.82, 2.24) is 0 Å². The summed E-state index contributed by atoms with van der Waals surface area (Å²) >= 11 is 0. The zero-order chi connectivity index (χ0) is 24.2. The molecule has 0 bridgehead atoms. The Bertz CT molecular complexity index is 1380. The molecule has 0 heterocycles. The standard InChI is InChI=1S/C30H28N4O/c31-25-8-1-3-10-27(25)33-29(22-6-5-7-22)23-16-12-20(13-17-23)21-14-18-24(19-15-21)30(35)34-28-11-4-2-9-26(28)32/h1-4,8-19,33H,5-7,31-32H2,(H,34,35). The van der Waals surface area contributed by atoms with Gasteiger partial charge < -0.3 is 22.1 Å². The summed E-state index contributed by atoms with van der Waals surface area (Å²) in [4.78, 5) is 12.6. The van der Waals surface area contributed by atoms with Gasteiger partial charge in [-0.1, -0.05) is 60.7 Å². The van der Waals surface area contributed by atoms with Crippen LogP contribution in [0.5, 0.6) is 0 Å². The number of nitrogens with one attached hydrogen (secondary N) is 2. The molecular weight excluding hydrogens is 432 g/mol. The number of para-hydroxylation sites is 4. The SMILES string of the molecule is Nc1ccccc1NC(=O)c1ccc(-c2ccc(C(Nc3ccccc3N)=C3CCC3)cc2)cc1. The number of carbonyl (C=O) groups excluding carboxylic acids is 1. The van der Waals surface area contributed by atoms with Crippen LogP contribution in [0, 0.1) is 0 Å². The molecule has 1 aliphatic carbocycles. The van der Waals surface area contributed by atoms with Crippen molar-refractivity contribution in [2.75, 3.05) is 22.1 Å². The lowest BCUT2D eigenvalue weighted by Gasteiger charge is -2.24. The molecule has 0 aliphatic heterocycles. The normalized spacial score (nSPS) is 12.5. The van der Waals surface area contributed by atoms with Crippen LogP contribution in [-0.2, 0) is 0 Å². The molecule has 0 saturated heterocycles. The zero-order valence-electron chi connectivity index (χ0n) is 19.4. The van der Waals surface area contributed by atoms with Crippen molar-refractivity contribution in [2.24, 2.45) is 0 Å². The first kappa shape index (κ1) is 22.3. The van der Waals surface area contributed by atoms with Gasteiger partial charge in [0.1, 0.15) is 0 Å². The van der Waals surface area contributed by atoms with Gasteiger partial charge in [0.05, 0.1) is 22.7 Å². The fourth-order valence-electron chi connectivity index (χ4n) is 4.16. The maximum Gasteiger partial charge on any atom is 0.255 e. The molecule has 1 aliphatic rings. The van der Waals surface area contributed by atoms with E-state index in [9.17, 15) is 4.79 Å². The average molecular weight is 461 g/mol. The summed E-state index contributed by atoms with van der Waals surface area (Å²) in [7, 11) is 0. The topological polar surface area (TPSA) is 93.2 Å². The second kappa shape index (κ2) is 9.77. The summed E-state index contributed by atoms with van der Waals surface area (Å²) in [6, 6.07) is 31.2. The first-order chi connectivity index (χ1) is 17.1. The molecule has 1 fully saturated rings. The van der Waals surface area contributed by atoms with Gasteiger partial charge in [-0.3, -0.25) is 4.79 Å². The fraction of sp³-hybridized carbons (Fsp3) is 0.100. The van der Waals surface area contributed by atoms with E-state index < -0.39 is 0 Å². The number of hydrogen-bond acceptors (Lipinski definition) is 4. The molecule has 5 rings (SSSR count). The van der Waals surface area contributed by atoms with Gasteiger partial charge >= 0.3 is 0 Å². The van der Waals surface area contributed by atoms with Gasteiger partial charge in [-0.05, 0) is 77.9 Å². The molecule has 0 aromatic heterocycles. The number of rotatable bonds is 6. The summed E-state index contributed by atoms with van der Waals surface area (Å²) in [6.07, 6.45) is 3.43. The summed E-state index contributed by atoms with van der Waals surface area (Å²) in [5.74, 6) is -0.187. The van der Waals surface area contributed by atoms with Gasteiger partial charge in [0.2, 0.25) is 0 Å². The fourth-order valence-corrected chi connectivity index (χ4v) is 4.16. The highest BCUT2D eigenvalue weighted by Gasteiger charge is 2.17. The van der Waals surface area contributed by atoms with Crippen LogP contribution < -0.4 is 22.1 Å². The molecule has 0 spiro atoms. The van der Waals surface area contributed by atoms with Crippen LogP contribution in [0.3, 0.4) is 0 Å². The van der Waals surface area contributed by atoms with Gasteiger partial charge in [-0.25, -0.2) is 0 Å². The first-order valence-corrected chi connectivity index (χ1v) is 11.8. The van der Waals surface area contributed by atoms with Gasteiger partial charge in [-0.15, -0.1) is 0 Å². The van der Waals surface area contributed by atoms with E-state index >= 15 is 0 Å². The Balaban J connectivity index is 1.33. The molecule has 5 heteroatoms. The smallest absolute Gasteiger partial charge is 0.255 e. The van der Waals surface area contributed by atoms with E-state index in [0.717, 1.165) is 46.6 Å². The minimum atomic E-state index is -0.187. The Morgan fingerprint density at radius 3 is 1.57 bits per heavy atom. The van der Waals surface area contributed by atoms with E-state index in [1.54, 1.807) is 12.1 Å². The molecule has 4 aromatic carbocycles. The molecule has 0 atom stereocenters. The summed E-state index contributed by atoms with van der Waals surface area (Å²) < 4.78 is 0. The van der Waals surface area contributed by atoms with Crippen molar-refractivity contribution in [2.45, 2.75) is 19.3 Å². The maximum absolute atomic E-state index is 12.6. The summed E-state index contributed by atoms with van der Waals surface area (Å²) in [6.45, 7) is 0. The molecule has 6 N–H and O–H groups in total. The number of benzene rings is 4. The minimum absolute atomic E-state index is 0.187. The Labute approximate surface area is 205 Å². The van der Waals surface area contributed by atoms with E-state index in [1.165, 1.54) is 12.0 Å². The number of nitrogen functional groups attached to an aromatic ring is 2. The van der Waals surface area contributed by atoms with Crippen molar-refractivity contribution in [3.05, 3.63) is 114 Å². The Kier molecular flexibility index (Phi) is 6.22. The second-order valence-electron chi connectivity index (χ2n) is 8.74. The van der Waals surface area contributed by atoms with Crippen LogP contribution in [0.1, 0.15) is 35.2 Å². The van der Waals surface area contributed by atoms with Crippen LogP contribution in [0.25, 0.3) is 16.8 Å². The van der Waals surface area contributed by atoms with Gasteiger partial charge in [-0.2, -0.15) is 0 Å². The number of amides is 1. The van der Waals surface area contributed by atoms with Gasteiger partial charge in [0.15, 0.2) is 0 Å². The number of hydrogen-bond donors (Lipinski definition) is 4. The highest BCUT2D eigenvalue weighted by molar-refractivity contribution is 6.06.